The second kappa shape index (κ2) is 5.90. The van der Waals surface area contributed by atoms with Crippen LogP contribution in [0.1, 0.15) is 27.7 Å². The van der Waals surface area contributed by atoms with Crippen LogP contribution in [0.4, 0.5) is 0 Å². The Hall–Kier alpha value is -0.850. The average Bonchev–Trinajstić information content (AvgIpc) is 1.97. The molecule has 0 heterocycles. The summed E-state index contributed by atoms with van der Waals surface area (Å²) in [5.41, 5.74) is 1.13. The summed E-state index contributed by atoms with van der Waals surface area (Å²) >= 11 is 0. The van der Waals surface area contributed by atoms with E-state index >= 15 is 0 Å². The third-order valence-corrected chi connectivity index (χ3v) is 1.33. The fourth-order valence-electron chi connectivity index (χ4n) is 0.728. The molecule has 0 aliphatic heterocycles. The van der Waals surface area contributed by atoms with Gasteiger partial charge >= 0.3 is 0 Å². The van der Waals surface area contributed by atoms with Crippen LogP contribution >= 0.6 is 0 Å². The highest BCUT2D eigenvalue weighted by atomic mass is 14.7. The Morgan fingerprint density at radius 1 is 1.27 bits per heavy atom. The molecule has 0 rings (SSSR count). The molecule has 0 saturated carbocycles. The van der Waals surface area contributed by atoms with Crippen molar-refractivity contribution in [2.45, 2.75) is 27.7 Å². The van der Waals surface area contributed by atoms with Gasteiger partial charge in [0.1, 0.15) is 0 Å². The quantitative estimate of drug-likeness (QED) is 0.434. The van der Waals surface area contributed by atoms with Crippen molar-refractivity contribution in [3.8, 4) is 0 Å². The van der Waals surface area contributed by atoms with Crippen LogP contribution in [0.5, 0.6) is 0 Å². The van der Waals surface area contributed by atoms with Gasteiger partial charge in [-0.25, -0.2) is 0 Å². The largest absolute Gasteiger partial charge is 0.266 e. The van der Waals surface area contributed by atoms with Crippen LogP contribution in [-0.4, -0.2) is 6.21 Å². The molecule has 0 atom stereocenters. The third-order valence-electron chi connectivity index (χ3n) is 1.33. The van der Waals surface area contributed by atoms with Crippen LogP contribution in [0.25, 0.3) is 0 Å². The fraction of sp³-hybridized carbons (Fsp3) is 0.500. The maximum atomic E-state index is 4.25. The zero-order valence-electron chi connectivity index (χ0n) is 7.83. The van der Waals surface area contributed by atoms with Crippen LogP contribution in [0.2, 0.25) is 0 Å². The Morgan fingerprint density at radius 3 is 2.27 bits per heavy atom. The molecule has 0 spiro atoms. The minimum absolute atomic E-state index is 0.502. The van der Waals surface area contributed by atoms with E-state index in [-0.39, 0.29) is 0 Å². The molecule has 0 radical (unpaired) electrons. The van der Waals surface area contributed by atoms with Crippen molar-refractivity contribution in [2.24, 2.45) is 10.9 Å². The molecule has 0 aliphatic carbocycles. The van der Waals surface area contributed by atoms with E-state index in [2.05, 4.69) is 18.8 Å². The van der Waals surface area contributed by atoms with Crippen LogP contribution in [0, 0.1) is 5.92 Å². The van der Waals surface area contributed by atoms with Gasteiger partial charge in [-0.1, -0.05) is 26.0 Å². The summed E-state index contributed by atoms with van der Waals surface area (Å²) in [5.74, 6) is 0.502. The Kier molecular flexibility index (Phi) is 5.44. The maximum Gasteiger partial charge on any atom is 0.0424 e. The van der Waals surface area contributed by atoms with Crippen LogP contribution in [0.15, 0.2) is 28.9 Å². The average molecular weight is 151 g/mol. The molecule has 0 unspecified atom stereocenters. The summed E-state index contributed by atoms with van der Waals surface area (Å²) in [4.78, 5) is 4.25. The van der Waals surface area contributed by atoms with E-state index in [1.54, 1.807) is 0 Å². The molecule has 0 saturated heterocycles. The highest BCUT2D eigenvalue weighted by Crippen LogP contribution is 2.10. The second-order valence-corrected chi connectivity index (χ2v) is 2.66. The summed E-state index contributed by atoms with van der Waals surface area (Å²) in [6.07, 6.45) is 7.90. The number of nitrogens with zero attached hydrogens (tertiary/aromatic N) is 1. The Balaban J connectivity index is 4.32. The molecule has 0 amide bonds. The minimum atomic E-state index is 0.502. The molecule has 0 aliphatic rings. The molecule has 0 aromatic carbocycles. The number of hydrogen-bond acceptors (Lipinski definition) is 1. The van der Waals surface area contributed by atoms with Crippen molar-refractivity contribution in [3.63, 3.8) is 0 Å². The van der Waals surface area contributed by atoms with Crippen molar-refractivity contribution < 1.29 is 0 Å². The lowest BCUT2D eigenvalue weighted by molar-refractivity contribution is 0.759. The van der Waals surface area contributed by atoms with Crippen LogP contribution in [-0.2, 0) is 0 Å². The number of rotatable bonds is 3. The first-order valence-corrected chi connectivity index (χ1v) is 4.04. The molecule has 62 valence electrons. The molecule has 0 aromatic heterocycles. The van der Waals surface area contributed by atoms with Gasteiger partial charge in [-0.3, -0.25) is 4.99 Å². The molecule has 11 heavy (non-hydrogen) atoms. The lowest BCUT2D eigenvalue weighted by atomic mass is 10.1. The van der Waals surface area contributed by atoms with Crippen LogP contribution < -0.4 is 0 Å². The first-order chi connectivity index (χ1) is 5.22. The zero-order chi connectivity index (χ0) is 8.69. The number of allylic oxidation sites excluding steroid dienone is 4. The van der Waals surface area contributed by atoms with Gasteiger partial charge < -0.3 is 0 Å². The monoisotopic (exact) mass is 151 g/mol. The van der Waals surface area contributed by atoms with Gasteiger partial charge in [-0.15, -0.1) is 0 Å². The van der Waals surface area contributed by atoms with Gasteiger partial charge in [0.05, 0.1) is 0 Å². The third kappa shape index (κ3) is 4.54. The highest BCUT2D eigenvalue weighted by molar-refractivity contribution is 5.55. The first-order valence-electron chi connectivity index (χ1n) is 4.04. The van der Waals surface area contributed by atoms with E-state index in [0.29, 0.717) is 5.92 Å². The summed E-state index contributed by atoms with van der Waals surface area (Å²) in [6.45, 7) is 8.22. The van der Waals surface area contributed by atoms with E-state index in [1.165, 1.54) is 0 Å². The van der Waals surface area contributed by atoms with Gasteiger partial charge in [0.15, 0.2) is 0 Å². The Morgan fingerprint density at radius 2 is 1.91 bits per heavy atom. The maximum absolute atomic E-state index is 4.25. The predicted molar refractivity (Wildman–Crippen MR) is 51.9 cm³/mol. The van der Waals surface area contributed by atoms with Crippen molar-refractivity contribution in [3.05, 3.63) is 23.9 Å². The van der Waals surface area contributed by atoms with Crippen molar-refractivity contribution >= 4 is 6.21 Å². The standard InChI is InChI=1S/C10H17N/c1-5-7-8-10(9(3)4)11-6-2/h5-9H,1-4H3/b7-5-,10-8-,11-6?. The van der Waals surface area contributed by atoms with E-state index in [9.17, 15) is 0 Å². The molecule has 0 N–H and O–H groups in total. The van der Waals surface area contributed by atoms with Crippen molar-refractivity contribution in [1.82, 2.24) is 0 Å². The van der Waals surface area contributed by atoms with E-state index in [0.717, 1.165) is 5.70 Å². The van der Waals surface area contributed by atoms with Crippen LogP contribution in [0.3, 0.4) is 0 Å². The highest BCUT2D eigenvalue weighted by Gasteiger charge is 1.96. The lowest BCUT2D eigenvalue weighted by Gasteiger charge is -2.02. The van der Waals surface area contributed by atoms with Gasteiger partial charge in [0.25, 0.3) is 0 Å². The van der Waals surface area contributed by atoms with Gasteiger partial charge in [-0.2, -0.15) is 0 Å². The zero-order valence-corrected chi connectivity index (χ0v) is 7.83. The fourth-order valence-corrected chi connectivity index (χ4v) is 0.728. The molecule has 0 fully saturated rings. The summed E-state index contributed by atoms with van der Waals surface area (Å²) < 4.78 is 0. The second-order valence-electron chi connectivity index (χ2n) is 2.66. The van der Waals surface area contributed by atoms with Gasteiger partial charge in [-0.05, 0) is 25.8 Å². The molecule has 1 nitrogen and oxygen atoms in total. The first kappa shape index (κ1) is 10.2. The summed E-state index contributed by atoms with van der Waals surface area (Å²) in [7, 11) is 0. The van der Waals surface area contributed by atoms with Crippen molar-refractivity contribution in [1.29, 1.82) is 0 Å². The van der Waals surface area contributed by atoms with E-state index in [4.69, 9.17) is 0 Å². The SMILES string of the molecule is CC=N/C(=C\C=C/C)C(C)C. The molecule has 1 heteroatoms. The minimum Gasteiger partial charge on any atom is -0.266 e. The van der Waals surface area contributed by atoms with Crippen molar-refractivity contribution in [2.75, 3.05) is 0 Å². The Labute approximate surface area is 69.5 Å². The summed E-state index contributed by atoms with van der Waals surface area (Å²) in [6, 6.07) is 0. The molecular weight excluding hydrogens is 134 g/mol. The normalized spacial score (nSPS) is 14.1. The van der Waals surface area contributed by atoms with E-state index < -0.39 is 0 Å². The van der Waals surface area contributed by atoms with Gasteiger partial charge in [0, 0.05) is 11.9 Å². The number of hydrogen-bond donors (Lipinski definition) is 0. The lowest BCUT2D eigenvalue weighted by Crippen LogP contribution is -1.89. The summed E-state index contributed by atoms with van der Waals surface area (Å²) in [5, 5.41) is 0. The van der Waals surface area contributed by atoms with Gasteiger partial charge in [0.2, 0.25) is 0 Å². The molecule has 0 bridgehead atoms. The Bertz CT molecular complexity index is 173. The van der Waals surface area contributed by atoms with E-state index in [1.807, 2.05) is 38.3 Å². The topological polar surface area (TPSA) is 12.4 Å². The predicted octanol–water partition coefficient (Wildman–Crippen LogP) is 3.19. The molecular formula is C10H17N. The number of aliphatic imine (C=N–C) groups is 1. The molecule has 0 aromatic rings. The smallest absolute Gasteiger partial charge is 0.0424 e.